The summed E-state index contributed by atoms with van der Waals surface area (Å²) in [6.07, 6.45) is 2.35. The van der Waals surface area contributed by atoms with E-state index in [1.807, 2.05) is 6.07 Å². The number of fused-ring (bicyclic) bond motifs is 2. The van der Waals surface area contributed by atoms with Crippen molar-refractivity contribution in [2.75, 3.05) is 13.1 Å². The van der Waals surface area contributed by atoms with Crippen LogP contribution in [0.1, 0.15) is 29.6 Å². The number of benzene rings is 1. The van der Waals surface area contributed by atoms with Gasteiger partial charge in [-0.1, -0.05) is 24.6 Å². The third kappa shape index (κ3) is 2.06. The summed E-state index contributed by atoms with van der Waals surface area (Å²) in [7, 11) is 0. The second-order valence-electron chi connectivity index (χ2n) is 6.83. The molecule has 0 radical (unpaired) electrons. The lowest BCUT2D eigenvalue weighted by molar-refractivity contribution is -0.149. The number of carbonyl (C=O) groups is 2. The van der Waals surface area contributed by atoms with Gasteiger partial charge in [-0.05, 0) is 24.8 Å². The molecule has 0 spiro atoms. The lowest BCUT2D eigenvalue weighted by Crippen LogP contribution is -2.37. The van der Waals surface area contributed by atoms with Gasteiger partial charge in [0.1, 0.15) is 0 Å². The number of rotatable bonds is 2. The molecule has 2 aromatic rings. The number of aromatic amines is 1. The van der Waals surface area contributed by atoms with Crippen LogP contribution in [0.2, 0.25) is 0 Å². The molecule has 0 unspecified atom stereocenters. The van der Waals surface area contributed by atoms with Crippen molar-refractivity contribution >= 4 is 22.8 Å². The molecule has 1 saturated heterocycles. The minimum Gasteiger partial charge on any atom is -0.481 e. The molecule has 24 heavy (non-hydrogen) atoms. The Morgan fingerprint density at radius 2 is 2.08 bits per heavy atom. The van der Waals surface area contributed by atoms with Gasteiger partial charge in [0, 0.05) is 30.1 Å². The first-order chi connectivity index (χ1) is 11.5. The molecular formula is C18H18N2O4. The van der Waals surface area contributed by atoms with Crippen molar-refractivity contribution in [3.63, 3.8) is 0 Å². The zero-order valence-corrected chi connectivity index (χ0v) is 13.1. The van der Waals surface area contributed by atoms with Gasteiger partial charge in [0.15, 0.2) is 0 Å². The second kappa shape index (κ2) is 5.19. The smallest absolute Gasteiger partial charge is 0.311 e. The van der Waals surface area contributed by atoms with Crippen molar-refractivity contribution in [2.45, 2.75) is 19.3 Å². The Bertz CT molecular complexity index is 903. The summed E-state index contributed by atoms with van der Waals surface area (Å²) in [4.78, 5) is 41.0. The number of likely N-dealkylation sites (tertiary alicyclic amines) is 1. The number of carboxylic acids is 1. The largest absolute Gasteiger partial charge is 0.481 e. The average molecular weight is 326 g/mol. The summed E-state index contributed by atoms with van der Waals surface area (Å²) in [5.41, 5.74) is -0.188. The lowest BCUT2D eigenvalue weighted by Gasteiger charge is -2.23. The van der Waals surface area contributed by atoms with Gasteiger partial charge in [0.05, 0.1) is 11.0 Å². The first-order valence-corrected chi connectivity index (χ1v) is 8.16. The molecular weight excluding hydrogens is 308 g/mol. The summed E-state index contributed by atoms with van der Waals surface area (Å²) in [5.74, 6) is -1.06. The highest BCUT2D eigenvalue weighted by molar-refractivity contribution is 6.06. The molecule has 2 fully saturated rings. The fourth-order valence-electron chi connectivity index (χ4n) is 4.35. The second-order valence-corrected chi connectivity index (χ2v) is 6.83. The minimum atomic E-state index is -0.813. The first-order valence-electron chi connectivity index (χ1n) is 8.16. The molecule has 1 saturated carbocycles. The zero-order chi connectivity index (χ0) is 16.9. The van der Waals surface area contributed by atoms with Gasteiger partial charge in [0.25, 0.3) is 5.91 Å². The molecule has 1 amide bonds. The average Bonchev–Trinajstić information content (AvgIpc) is 3.11. The number of nitrogens with zero attached hydrogens (tertiary/aromatic N) is 1. The normalized spacial score (nSPS) is 25.8. The standard InChI is InChI=1S/C18H18N2O4/c21-15-8-13(12-5-1-2-6-14(12)19-15)16(22)20-9-11-4-3-7-18(11,10-20)17(23)24/h1-2,5-6,8,11H,3-4,7,9-10H2,(H,19,21)(H,23,24)/t11-,18+/m0/s1. The van der Waals surface area contributed by atoms with Crippen LogP contribution in [0.25, 0.3) is 10.9 Å². The number of carboxylic acid groups (broad SMARTS) is 1. The van der Waals surface area contributed by atoms with Gasteiger partial charge in [0.2, 0.25) is 5.56 Å². The van der Waals surface area contributed by atoms with E-state index in [-0.39, 0.29) is 23.9 Å². The Morgan fingerprint density at radius 1 is 1.29 bits per heavy atom. The molecule has 2 atom stereocenters. The number of hydrogen-bond donors (Lipinski definition) is 2. The SMILES string of the molecule is O=C(c1cc(=O)[nH]c2ccccc12)N1C[C@@H]2CCC[C@@]2(C(=O)O)C1. The summed E-state index contributed by atoms with van der Waals surface area (Å²) < 4.78 is 0. The molecule has 1 aromatic heterocycles. The third-order valence-electron chi connectivity index (χ3n) is 5.56. The van der Waals surface area contributed by atoms with Crippen LogP contribution in [-0.2, 0) is 4.79 Å². The van der Waals surface area contributed by atoms with E-state index in [0.717, 1.165) is 12.8 Å². The molecule has 6 nitrogen and oxygen atoms in total. The molecule has 4 rings (SSSR count). The fraction of sp³-hybridized carbons (Fsp3) is 0.389. The molecule has 6 heteroatoms. The highest BCUT2D eigenvalue weighted by Crippen LogP contribution is 2.49. The molecule has 1 aliphatic carbocycles. The summed E-state index contributed by atoms with van der Waals surface area (Å²) >= 11 is 0. The number of aromatic nitrogens is 1. The van der Waals surface area contributed by atoms with Crippen molar-refractivity contribution in [1.29, 1.82) is 0 Å². The number of amides is 1. The van der Waals surface area contributed by atoms with E-state index < -0.39 is 11.4 Å². The third-order valence-corrected chi connectivity index (χ3v) is 5.56. The number of pyridine rings is 1. The Hall–Kier alpha value is -2.63. The van der Waals surface area contributed by atoms with Crippen molar-refractivity contribution in [3.05, 3.63) is 46.2 Å². The number of hydrogen-bond acceptors (Lipinski definition) is 3. The Balaban J connectivity index is 1.74. The van der Waals surface area contributed by atoms with Crippen LogP contribution >= 0.6 is 0 Å². The lowest BCUT2D eigenvalue weighted by atomic mass is 9.81. The van der Waals surface area contributed by atoms with Crippen LogP contribution in [0.15, 0.2) is 35.1 Å². The number of nitrogens with one attached hydrogen (secondary N) is 1. The topological polar surface area (TPSA) is 90.5 Å². The van der Waals surface area contributed by atoms with E-state index in [2.05, 4.69) is 4.98 Å². The molecule has 124 valence electrons. The van der Waals surface area contributed by atoms with Gasteiger partial charge in [-0.2, -0.15) is 0 Å². The monoisotopic (exact) mass is 326 g/mol. The van der Waals surface area contributed by atoms with E-state index in [1.165, 1.54) is 6.07 Å². The molecule has 2 aliphatic rings. The highest BCUT2D eigenvalue weighted by Gasteiger charge is 2.55. The van der Waals surface area contributed by atoms with Gasteiger partial charge in [-0.15, -0.1) is 0 Å². The fourth-order valence-corrected chi connectivity index (χ4v) is 4.35. The van der Waals surface area contributed by atoms with Crippen LogP contribution in [-0.4, -0.2) is 40.0 Å². The van der Waals surface area contributed by atoms with E-state index in [1.54, 1.807) is 23.1 Å². The van der Waals surface area contributed by atoms with Crippen molar-refractivity contribution in [3.8, 4) is 0 Å². The number of H-pyrrole nitrogens is 1. The summed E-state index contributed by atoms with van der Waals surface area (Å²) in [6.45, 7) is 0.680. The quantitative estimate of drug-likeness (QED) is 0.881. The maximum Gasteiger partial charge on any atom is 0.311 e. The van der Waals surface area contributed by atoms with Crippen molar-refractivity contribution in [1.82, 2.24) is 9.88 Å². The molecule has 0 bridgehead atoms. The summed E-state index contributed by atoms with van der Waals surface area (Å²) in [6, 6.07) is 8.47. The van der Waals surface area contributed by atoms with Crippen LogP contribution in [0.5, 0.6) is 0 Å². The maximum atomic E-state index is 13.0. The van der Waals surface area contributed by atoms with Crippen molar-refractivity contribution in [2.24, 2.45) is 11.3 Å². The van der Waals surface area contributed by atoms with E-state index in [4.69, 9.17) is 0 Å². The molecule has 1 aliphatic heterocycles. The Kier molecular flexibility index (Phi) is 3.23. The number of aliphatic carboxylic acids is 1. The first kappa shape index (κ1) is 14.9. The van der Waals surface area contributed by atoms with Gasteiger partial charge in [-0.25, -0.2) is 0 Å². The highest BCUT2D eigenvalue weighted by atomic mass is 16.4. The number of carbonyl (C=O) groups excluding carboxylic acids is 1. The summed E-state index contributed by atoms with van der Waals surface area (Å²) in [5, 5.41) is 10.4. The molecule has 1 aromatic carbocycles. The van der Waals surface area contributed by atoms with E-state index in [9.17, 15) is 19.5 Å². The van der Waals surface area contributed by atoms with E-state index in [0.29, 0.717) is 29.4 Å². The van der Waals surface area contributed by atoms with Gasteiger partial charge < -0.3 is 15.0 Å². The predicted octanol–water partition coefficient (Wildman–Crippen LogP) is 1.85. The number of para-hydroxylation sites is 1. The Labute approximate surface area is 138 Å². The predicted molar refractivity (Wildman–Crippen MR) is 87.9 cm³/mol. The van der Waals surface area contributed by atoms with E-state index >= 15 is 0 Å². The maximum absolute atomic E-state index is 13.0. The van der Waals surface area contributed by atoms with Crippen LogP contribution in [0, 0.1) is 11.3 Å². The van der Waals surface area contributed by atoms with Crippen LogP contribution in [0.3, 0.4) is 0 Å². The molecule has 2 N–H and O–H groups in total. The minimum absolute atomic E-state index is 0.00668. The van der Waals surface area contributed by atoms with Crippen LogP contribution in [0.4, 0.5) is 0 Å². The molecule has 2 heterocycles. The zero-order valence-electron chi connectivity index (χ0n) is 13.1. The van der Waals surface area contributed by atoms with Crippen molar-refractivity contribution < 1.29 is 14.7 Å². The Morgan fingerprint density at radius 3 is 2.83 bits per heavy atom. The van der Waals surface area contributed by atoms with Gasteiger partial charge in [-0.3, -0.25) is 14.4 Å². The van der Waals surface area contributed by atoms with Crippen LogP contribution < -0.4 is 5.56 Å². The van der Waals surface area contributed by atoms with Gasteiger partial charge >= 0.3 is 5.97 Å².